The molecular weight excluding hydrogens is 470 g/mol. The van der Waals surface area contributed by atoms with Gasteiger partial charge in [0.05, 0.1) is 12.7 Å². The van der Waals surface area contributed by atoms with E-state index in [-0.39, 0.29) is 11.6 Å². The van der Waals surface area contributed by atoms with Crippen LogP contribution in [0.3, 0.4) is 0 Å². The molecule has 0 amide bonds. The van der Waals surface area contributed by atoms with Crippen molar-refractivity contribution in [2.45, 2.75) is 63.2 Å². The fourth-order valence-electron chi connectivity index (χ4n) is 4.85. The molecule has 0 aliphatic rings. The number of aromatic nitrogens is 4. The number of benzene rings is 2. The van der Waals surface area contributed by atoms with Gasteiger partial charge >= 0.3 is 0 Å². The molecule has 2 atom stereocenters. The van der Waals surface area contributed by atoms with Gasteiger partial charge in [-0.05, 0) is 86.8 Å². The van der Waals surface area contributed by atoms with Crippen molar-refractivity contribution in [3.63, 3.8) is 0 Å². The van der Waals surface area contributed by atoms with Crippen LogP contribution in [0.15, 0.2) is 73.6 Å². The van der Waals surface area contributed by atoms with Gasteiger partial charge in [-0.25, -0.2) is 18.7 Å². The van der Waals surface area contributed by atoms with E-state index in [1.54, 1.807) is 12.7 Å². The van der Waals surface area contributed by atoms with Crippen LogP contribution in [0.2, 0.25) is 0 Å². The molecule has 5 nitrogen and oxygen atoms in total. The molecule has 0 aliphatic heterocycles. The minimum absolute atomic E-state index is 0.195. The van der Waals surface area contributed by atoms with Crippen molar-refractivity contribution in [3.05, 3.63) is 108 Å². The minimum atomic E-state index is -0.195. The summed E-state index contributed by atoms with van der Waals surface area (Å²) in [4.78, 5) is 14.9. The molecule has 0 fully saturated rings. The van der Waals surface area contributed by atoms with Crippen molar-refractivity contribution >= 4 is 0 Å². The minimum Gasteiger partial charge on any atom is -0.381 e. The number of nitrogens with zero attached hydrogens (tertiary/aromatic N) is 2. The monoisotopic (exact) mass is 506 g/mol. The first-order valence-corrected chi connectivity index (χ1v) is 13.2. The van der Waals surface area contributed by atoms with Gasteiger partial charge in [0.25, 0.3) is 0 Å². The van der Waals surface area contributed by atoms with E-state index in [4.69, 9.17) is 4.74 Å². The summed E-state index contributed by atoms with van der Waals surface area (Å²) in [6.45, 7) is 1.37. The Morgan fingerprint density at radius 1 is 0.622 bits per heavy atom. The Balaban J connectivity index is 1.20. The highest BCUT2D eigenvalue weighted by molar-refractivity contribution is 5.17. The molecule has 0 aliphatic carbocycles. The number of hydrogen-bond donors (Lipinski definition) is 2. The lowest BCUT2D eigenvalue weighted by Gasteiger charge is -2.18. The molecular formula is C30H36F2N4O. The highest BCUT2D eigenvalue weighted by Crippen LogP contribution is 2.26. The van der Waals surface area contributed by atoms with E-state index in [0.29, 0.717) is 25.0 Å². The molecule has 2 N–H and O–H groups in total. The van der Waals surface area contributed by atoms with E-state index < -0.39 is 0 Å². The number of rotatable bonds is 16. The van der Waals surface area contributed by atoms with Crippen LogP contribution in [0.25, 0.3) is 0 Å². The number of aryl methyl sites for hydroxylation is 2. The highest BCUT2D eigenvalue weighted by atomic mass is 19.1. The zero-order valence-corrected chi connectivity index (χ0v) is 21.2. The average molecular weight is 507 g/mol. The Morgan fingerprint density at radius 2 is 1.05 bits per heavy atom. The zero-order valence-electron chi connectivity index (χ0n) is 21.2. The van der Waals surface area contributed by atoms with Crippen molar-refractivity contribution in [2.24, 2.45) is 0 Å². The van der Waals surface area contributed by atoms with E-state index in [0.717, 1.165) is 73.9 Å². The molecule has 0 saturated heterocycles. The number of hydrogen-bond acceptors (Lipinski definition) is 3. The molecule has 0 spiro atoms. The normalized spacial score (nSPS) is 13.0. The maximum absolute atomic E-state index is 13.2. The number of halogens is 2. The van der Waals surface area contributed by atoms with E-state index >= 15 is 0 Å². The number of H-pyrrole nitrogens is 2. The lowest BCUT2D eigenvalue weighted by Crippen LogP contribution is -2.09. The number of aromatic amines is 2. The predicted molar refractivity (Wildman–Crippen MR) is 141 cm³/mol. The van der Waals surface area contributed by atoms with E-state index in [2.05, 4.69) is 19.9 Å². The van der Waals surface area contributed by atoms with Gasteiger partial charge in [0.15, 0.2) is 0 Å². The van der Waals surface area contributed by atoms with Gasteiger partial charge in [0.1, 0.15) is 11.6 Å². The molecule has 4 rings (SSSR count). The van der Waals surface area contributed by atoms with Crippen molar-refractivity contribution in [1.29, 1.82) is 0 Å². The van der Waals surface area contributed by atoms with Gasteiger partial charge in [-0.1, -0.05) is 24.3 Å². The summed E-state index contributed by atoms with van der Waals surface area (Å²) in [6.07, 6.45) is 15.0. The summed E-state index contributed by atoms with van der Waals surface area (Å²) in [5.41, 5.74) is 4.59. The van der Waals surface area contributed by atoms with Crippen molar-refractivity contribution in [1.82, 2.24) is 19.9 Å². The topological polar surface area (TPSA) is 66.6 Å². The van der Waals surface area contributed by atoms with Crippen molar-refractivity contribution < 1.29 is 13.5 Å². The fraction of sp³-hybridized carbons (Fsp3) is 0.400. The van der Waals surface area contributed by atoms with E-state index in [9.17, 15) is 8.78 Å². The third-order valence-corrected chi connectivity index (χ3v) is 7.00. The second kappa shape index (κ2) is 14.4. The van der Waals surface area contributed by atoms with Crippen LogP contribution in [-0.2, 0) is 17.6 Å². The molecule has 2 unspecified atom stereocenters. The number of ether oxygens (including phenoxy) is 1. The van der Waals surface area contributed by atoms with Gasteiger partial charge < -0.3 is 14.7 Å². The van der Waals surface area contributed by atoms with Gasteiger partial charge in [-0.3, -0.25) is 0 Å². The Kier molecular flexibility index (Phi) is 10.4. The van der Waals surface area contributed by atoms with Crippen LogP contribution in [0.5, 0.6) is 0 Å². The molecule has 2 heterocycles. The molecule has 7 heteroatoms. The first kappa shape index (κ1) is 26.7. The molecule has 2 aromatic carbocycles. The first-order chi connectivity index (χ1) is 18.2. The van der Waals surface area contributed by atoms with Crippen LogP contribution in [-0.4, -0.2) is 33.1 Å². The molecule has 4 aromatic rings. The van der Waals surface area contributed by atoms with E-state index in [1.807, 2.05) is 36.7 Å². The van der Waals surface area contributed by atoms with Gasteiger partial charge in [0, 0.05) is 48.8 Å². The summed E-state index contributed by atoms with van der Waals surface area (Å²) in [5.74, 6) is 0.307. The number of imidazole rings is 2. The van der Waals surface area contributed by atoms with Gasteiger partial charge in [-0.15, -0.1) is 0 Å². The molecule has 0 radical (unpaired) electrons. The molecule has 2 aromatic heterocycles. The van der Waals surface area contributed by atoms with E-state index in [1.165, 1.54) is 24.3 Å². The third-order valence-electron chi connectivity index (χ3n) is 7.00. The molecule has 0 saturated carbocycles. The SMILES string of the molecule is Fc1ccc(CCCC(CCOCCC(CCCc2ccc(F)cc2)c2cnc[nH]2)c2cnc[nH]2)cc1. The average Bonchev–Trinajstić information content (AvgIpc) is 3.64. The molecule has 37 heavy (non-hydrogen) atoms. The van der Waals surface area contributed by atoms with Crippen molar-refractivity contribution in [2.75, 3.05) is 13.2 Å². The molecule has 196 valence electrons. The predicted octanol–water partition coefficient (Wildman–Crippen LogP) is 7.12. The highest BCUT2D eigenvalue weighted by Gasteiger charge is 2.15. The fourth-order valence-corrected chi connectivity index (χ4v) is 4.85. The van der Waals surface area contributed by atoms with Gasteiger partial charge in [-0.2, -0.15) is 0 Å². The van der Waals surface area contributed by atoms with Crippen LogP contribution in [0, 0.1) is 11.6 Å². The largest absolute Gasteiger partial charge is 0.381 e. The maximum atomic E-state index is 13.2. The lowest BCUT2D eigenvalue weighted by atomic mass is 9.94. The Morgan fingerprint density at radius 3 is 1.43 bits per heavy atom. The summed E-state index contributed by atoms with van der Waals surface area (Å²) >= 11 is 0. The summed E-state index contributed by atoms with van der Waals surface area (Å²) < 4.78 is 32.4. The second-order valence-electron chi connectivity index (χ2n) is 9.63. The Bertz CT molecular complexity index is 1040. The Hall–Kier alpha value is -3.32. The van der Waals surface area contributed by atoms with Crippen molar-refractivity contribution in [3.8, 4) is 0 Å². The quantitative estimate of drug-likeness (QED) is 0.159. The van der Waals surface area contributed by atoms with Crippen LogP contribution < -0.4 is 0 Å². The lowest BCUT2D eigenvalue weighted by molar-refractivity contribution is 0.117. The summed E-state index contributed by atoms with van der Waals surface area (Å²) in [7, 11) is 0. The zero-order chi connectivity index (χ0) is 25.7. The third kappa shape index (κ3) is 8.93. The standard InChI is InChI=1S/C30H36F2N4O/c31-27-11-7-23(8-12-27)3-1-5-25(29-19-33-21-35-29)15-17-37-18-16-26(30-20-34-22-36-30)6-2-4-24-9-13-28(32)14-10-24/h7-14,19-22,25-26H,1-6,15-18H2,(H,33,35)(H,34,36). The smallest absolute Gasteiger partial charge is 0.123 e. The van der Waals surface area contributed by atoms with Crippen LogP contribution in [0.1, 0.15) is 72.9 Å². The Labute approximate surface area is 217 Å². The maximum Gasteiger partial charge on any atom is 0.123 e. The summed E-state index contributed by atoms with van der Waals surface area (Å²) in [6, 6.07) is 13.5. The van der Waals surface area contributed by atoms with Gasteiger partial charge in [0.2, 0.25) is 0 Å². The van der Waals surface area contributed by atoms with Crippen LogP contribution in [0.4, 0.5) is 8.78 Å². The number of nitrogens with one attached hydrogen (secondary N) is 2. The second-order valence-corrected chi connectivity index (χ2v) is 9.63. The molecule has 0 bridgehead atoms. The summed E-state index contributed by atoms with van der Waals surface area (Å²) in [5, 5.41) is 0. The van der Waals surface area contributed by atoms with Crippen LogP contribution >= 0.6 is 0 Å². The first-order valence-electron chi connectivity index (χ1n) is 13.2.